The van der Waals surface area contributed by atoms with Gasteiger partial charge in [0.2, 0.25) is 11.9 Å². The molecule has 0 saturated carbocycles. The van der Waals surface area contributed by atoms with Crippen LogP contribution < -0.4 is 10.2 Å². The normalized spacial score (nSPS) is 16.1. The fraction of sp³-hybridized carbons (Fsp3) is 0.333. The predicted octanol–water partition coefficient (Wildman–Crippen LogP) is 1.50. The van der Waals surface area contributed by atoms with Crippen molar-refractivity contribution in [2.45, 2.75) is 13.0 Å². The van der Waals surface area contributed by atoms with Crippen LogP contribution in [0.2, 0.25) is 0 Å². The summed E-state index contributed by atoms with van der Waals surface area (Å²) in [6.07, 6.45) is 3.48. The highest BCUT2D eigenvalue weighted by molar-refractivity contribution is 5.94. The molecule has 1 aromatic heterocycles. The van der Waals surface area contributed by atoms with Gasteiger partial charge < -0.3 is 10.2 Å². The SMILES string of the molecule is C[C@@H](C(=O)Nc1ccc(C#N)cc1)N1CCN(c2ncccn2)CC1. The zero-order valence-electron chi connectivity index (χ0n) is 14.1. The van der Waals surface area contributed by atoms with Gasteiger partial charge in [-0.05, 0) is 37.3 Å². The molecule has 1 N–H and O–H groups in total. The van der Waals surface area contributed by atoms with Gasteiger partial charge in [-0.25, -0.2) is 9.97 Å². The van der Waals surface area contributed by atoms with E-state index in [-0.39, 0.29) is 11.9 Å². The van der Waals surface area contributed by atoms with Gasteiger partial charge in [0.15, 0.2) is 0 Å². The Kier molecular flexibility index (Phi) is 5.21. The van der Waals surface area contributed by atoms with Gasteiger partial charge in [0.25, 0.3) is 0 Å². The average Bonchev–Trinajstić information content (AvgIpc) is 2.69. The minimum absolute atomic E-state index is 0.0471. The zero-order valence-corrected chi connectivity index (χ0v) is 14.1. The van der Waals surface area contributed by atoms with Crippen LogP contribution in [-0.4, -0.2) is 53.0 Å². The van der Waals surface area contributed by atoms with E-state index in [1.54, 1.807) is 42.7 Å². The van der Waals surface area contributed by atoms with Gasteiger partial charge in [-0.3, -0.25) is 9.69 Å². The van der Waals surface area contributed by atoms with Crippen LogP contribution in [0.3, 0.4) is 0 Å². The van der Waals surface area contributed by atoms with E-state index in [2.05, 4.69) is 31.2 Å². The molecule has 0 unspecified atom stereocenters. The number of amides is 1. The third-order valence-corrected chi connectivity index (χ3v) is 4.36. The Morgan fingerprint density at radius 3 is 2.40 bits per heavy atom. The molecule has 1 saturated heterocycles. The number of carbonyl (C=O) groups is 1. The lowest BCUT2D eigenvalue weighted by Crippen LogP contribution is -2.53. The Bertz CT molecular complexity index is 747. The molecule has 2 aromatic rings. The van der Waals surface area contributed by atoms with Crippen molar-refractivity contribution in [1.29, 1.82) is 5.26 Å². The first kappa shape index (κ1) is 16.9. The van der Waals surface area contributed by atoms with E-state index in [1.807, 2.05) is 6.92 Å². The number of rotatable bonds is 4. The molecule has 1 aliphatic heterocycles. The summed E-state index contributed by atoms with van der Waals surface area (Å²) in [6, 6.07) is 10.5. The summed E-state index contributed by atoms with van der Waals surface area (Å²) in [4.78, 5) is 25.3. The second-order valence-electron chi connectivity index (χ2n) is 5.93. The molecule has 0 aliphatic carbocycles. The highest BCUT2D eigenvalue weighted by atomic mass is 16.2. The Morgan fingerprint density at radius 1 is 1.16 bits per heavy atom. The summed E-state index contributed by atoms with van der Waals surface area (Å²) in [5.41, 5.74) is 1.28. The number of hydrogen-bond donors (Lipinski definition) is 1. The monoisotopic (exact) mass is 336 g/mol. The highest BCUT2D eigenvalue weighted by Crippen LogP contribution is 2.14. The van der Waals surface area contributed by atoms with Gasteiger partial charge in [-0.2, -0.15) is 5.26 Å². The van der Waals surface area contributed by atoms with Crippen molar-refractivity contribution in [1.82, 2.24) is 14.9 Å². The van der Waals surface area contributed by atoms with Crippen molar-refractivity contribution < 1.29 is 4.79 Å². The van der Waals surface area contributed by atoms with Crippen LogP contribution in [0.25, 0.3) is 0 Å². The summed E-state index contributed by atoms with van der Waals surface area (Å²) in [7, 11) is 0. The van der Waals surface area contributed by atoms with Crippen molar-refractivity contribution in [3.8, 4) is 6.07 Å². The number of hydrogen-bond acceptors (Lipinski definition) is 6. The number of carbonyl (C=O) groups excluding carboxylic acids is 1. The van der Waals surface area contributed by atoms with Gasteiger partial charge in [0.1, 0.15) is 0 Å². The number of benzene rings is 1. The molecule has 0 radical (unpaired) electrons. The van der Waals surface area contributed by atoms with Crippen LogP contribution in [-0.2, 0) is 4.79 Å². The molecule has 7 nitrogen and oxygen atoms in total. The molecular formula is C18H20N6O. The molecular weight excluding hydrogens is 316 g/mol. The van der Waals surface area contributed by atoms with Crippen LogP contribution in [0.5, 0.6) is 0 Å². The third-order valence-electron chi connectivity index (χ3n) is 4.36. The van der Waals surface area contributed by atoms with Gasteiger partial charge in [0, 0.05) is 44.3 Å². The lowest BCUT2D eigenvalue weighted by molar-refractivity contribution is -0.120. The second kappa shape index (κ2) is 7.73. The van der Waals surface area contributed by atoms with E-state index in [4.69, 9.17) is 5.26 Å². The van der Waals surface area contributed by atoms with Crippen LogP contribution in [0.15, 0.2) is 42.7 Å². The topological polar surface area (TPSA) is 85.2 Å². The molecule has 128 valence electrons. The number of anilines is 2. The molecule has 7 heteroatoms. The third kappa shape index (κ3) is 4.11. The lowest BCUT2D eigenvalue weighted by atomic mass is 10.2. The first-order chi connectivity index (χ1) is 12.2. The molecule has 1 aliphatic rings. The van der Waals surface area contributed by atoms with E-state index in [9.17, 15) is 4.79 Å². The molecule has 0 spiro atoms. The molecule has 2 heterocycles. The molecule has 1 fully saturated rings. The first-order valence-electron chi connectivity index (χ1n) is 8.24. The Balaban J connectivity index is 1.54. The fourth-order valence-electron chi connectivity index (χ4n) is 2.80. The van der Waals surface area contributed by atoms with Crippen LogP contribution in [0, 0.1) is 11.3 Å². The lowest BCUT2D eigenvalue weighted by Gasteiger charge is -2.37. The van der Waals surface area contributed by atoms with Crippen molar-refractivity contribution in [3.05, 3.63) is 48.3 Å². The van der Waals surface area contributed by atoms with E-state index in [1.165, 1.54) is 0 Å². The zero-order chi connectivity index (χ0) is 17.6. The van der Waals surface area contributed by atoms with Crippen molar-refractivity contribution in [2.75, 3.05) is 36.4 Å². The maximum atomic E-state index is 12.5. The minimum atomic E-state index is -0.227. The second-order valence-corrected chi connectivity index (χ2v) is 5.93. The molecule has 0 bridgehead atoms. The van der Waals surface area contributed by atoms with Gasteiger partial charge in [-0.15, -0.1) is 0 Å². The minimum Gasteiger partial charge on any atom is -0.338 e. The maximum Gasteiger partial charge on any atom is 0.241 e. The Hall–Kier alpha value is -2.98. The first-order valence-corrected chi connectivity index (χ1v) is 8.24. The van der Waals surface area contributed by atoms with Crippen LogP contribution in [0.1, 0.15) is 12.5 Å². The standard InChI is InChI=1S/C18H20N6O/c1-14(17(25)22-16-5-3-15(13-19)4-6-16)23-9-11-24(12-10-23)18-20-7-2-8-21-18/h2-8,14H,9-12H2,1H3,(H,22,25)/t14-/m0/s1. The van der Waals surface area contributed by atoms with Gasteiger partial charge in [0.05, 0.1) is 17.7 Å². The largest absolute Gasteiger partial charge is 0.338 e. The molecule has 1 atom stereocenters. The predicted molar refractivity (Wildman–Crippen MR) is 95.1 cm³/mol. The number of nitrogens with one attached hydrogen (secondary N) is 1. The fourth-order valence-corrected chi connectivity index (χ4v) is 2.80. The van der Waals surface area contributed by atoms with E-state index in [0.717, 1.165) is 32.1 Å². The summed E-state index contributed by atoms with van der Waals surface area (Å²) < 4.78 is 0. The summed E-state index contributed by atoms with van der Waals surface area (Å²) in [5.74, 6) is 0.686. The Morgan fingerprint density at radius 2 is 1.80 bits per heavy atom. The molecule has 25 heavy (non-hydrogen) atoms. The molecule has 1 aromatic carbocycles. The molecule has 3 rings (SSSR count). The number of aromatic nitrogens is 2. The van der Waals surface area contributed by atoms with Crippen molar-refractivity contribution >= 4 is 17.5 Å². The van der Waals surface area contributed by atoms with Gasteiger partial charge in [-0.1, -0.05) is 0 Å². The number of nitriles is 1. The van der Waals surface area contributed by atoms with Crippen LogP contribution >= 0.6 is 0 Å². The molecule has 1 amide bonds. The highest BCUT2D eigenvalue weighted by Gasteiger charge is 2.26. The van der Waals surface area contributed by atoms with E-state index >= 15 is 0 Å². The van der Waals surface area contributed by atoms with Crippen molar-refractivity contribution in [2.24, 2.45) is 0 Å². The maximum absolute atomic E-state index is 12.5. The number of piperazine rings is 1. The quantitative estimate of drug-likeness (QED) is 0.911. The average molecular weight is 336 g/mol. The smallest absolute Gasteiger partial charge is 0.241 e. The summed E-state index contributed by atoms with van der Waals surface area (Å²) in [6.45, 7) is 5.05. The number of nitrogens with zero attached hydrogens (tertiary/aromatic N) is 5. The Labute approximate surface area is 146 Å². The van der Waals surface area contributed by atoms with E-state index < -0.39 is 0 Å². The van der Waals surface area contributed by atoms with E-state index in [0.29, 0.717) is 11.3 Å². The summed E-state index contributed by atoms with van der Waals surface area (Å²) in [5, 5.41) is 11.7. The van der Waals surface area contributed by atoms with Crippen LogP contribution in [0.4, 0.5) is 11.6 Å². The van der Waals surface area contributed by atoms with Gasteiger partial charge >= 0.3 is 0 Å². The summed E-state index contributed by atoms with van der Waals surface area (Å²) >= 11 is 0. The van der Waals surface area contributed by atoms with Crippen molar-refractivity contribution in [3.63, 3.8) is 0 Å².